The zero-order valence-electron chi connectivity index (χ0n) is 12.7. The predicted molar refractivity (Wildman–Crippen MR) is 74.6 cm³/mol. The third kappa shape index (κ3) is 4.51. The second-order valence-electron chi connectivity index (χ2n) is 6.05. The molecular weight excluding hydrogens is 229 g/mol. The Morgan fingerprint density at radius 1 is 1.28 bits per heavy atom. The molecule has 0 bridgehead atoms. The lowest BCUT2D eigenvalue weighted by Gasteiger charge is -2.23. The molecule has 3 heteroatoms. The van der Waals surface area contributed by atoms with Crippen molar-refractivity contribution >= 4 is 0 Å². The quantitative estimate of drug-likeness (QED) is 0.749. The Hall–Kier alpha value is -0.150. The summed E-state index contributed by atoms with van der Waals surface area (Å²) >= 11 is 0. The molecular formula is C15H30FNO. The minimum atomic E-state index is -0.623. The summed E-state index contributed by atoms with van der Waals surface area (Å²) in [6, 6.07) is 0. The molecule has 0 N–H and O–H groups in total. The molecule has 1 aliphatic carbocycles. The van der Waals surface area contributed by atoms with Gasteiger partial charge in [0.2, 0.25) is 0 Å². The molecule has 2 unspecified atom stereocenters. The fraction of sp³-hybridized carbons (Fsp3) is 1.00. The molecule has 2 atom stereocenters. The van der Waals surface area contributed by atoms with Crippen LogP contribution in [0.15, 0.2) is 0 Å². The van der Waals surface area contributed by atoms with Gasteiger partial charge in [0.05, 0.1) is 12.7 Å². The third-order valence-corrected chi connectivity index (χ3v) is 3.84. The summed E-state index contributed by atoms with van der Waals surface area (Å²) in [5.41, 5.74) is 0.355. The van der Waals surface area contributed by atoms with E-state index >= 15 is 0 Å². The minimum Gasteiger partial charge on any atom is -0.378 e. The maximum absolute atomic E-state index is 13.4. The fourth-order valence-electron chi connectivity index (χ4n) is 2.49. The highest BCUT2D eigenvalue weighted by atomic mass is 19.1. The van der Waals surface area contributed by atoms with Crippen LogP contribution < -0.4 is 0 Å². The van der Waals surface area contributed by atoms with Gasteiger partial charge in [0.1, 0.15) is 6.17 Å². The molecule has 0 aromatic rings. The molecule has 0 aromatic heterocycles. The average Bonchev–Trinajstić information content (AvgIpc) is 3.02. The summed E-state index contributed by atoms with van der Waals surface area (Å²) in [6.07, 6.45) is 2.19. The van der Waals surface area contributed by atoms with Crippen molar-refractivity contribution in [3.63, 3.8) is 0 Å². The van der Waals surface area contributed by atoms with Crippen LogP contribution in [-0.2, 0) is 4.74 Å². The van der Waals surface area contributed by atoms with E-state index in [4.69, 9.17) is 4.74 Å². The number of likely N-dealkylation sites (tertiary alicyclic amines) is 1. The second-order valence-corrected chi connectivity index (χ2v) is 6.05. The molecule has 2 aliphatic rings. The van der Waals surface area contributed by atoms with Crippen molar-refractivity contribution in [2.45, 2.75) is 59.7 Å². The molecule has 0 aromatic carbocycles. The minimum absolute atomic E-state index is 0.210. The molecule has 1 heterocycles. The molecule has 1 aliphatic heterocycles. The van der Waals surface area contributed by atoms with E-state index in [1.165, 1.54) is 12.8 Å². The standard InChI is InChI=1S/C13H24FNO.C2H6/c1-10(2)16-9-13(4-5-13)8-15-6-11(3)12(14)7-15;1-2/h10-12H,4-9H2,1-3H3;1-2H3. The lowest BCUT2D eigenvalue weighted by Crippen LogP contribution is -2.32. The van der Waals surface area contributed by atoms with Crippen LogP contribution in [0.4, 0.5) is 4.39 Å². The summed E-state index contributed by atoms with van der Waals surface area (Å²) in [6.45, 7) is 13.6. The lowest BCUT2D eigenvalue weighted by atomic mass is 10.1. The van der Waals surface area contributed by atoms with Crippen molar-refractivity contribution < 1.29 is 9.13 Å². The lowest BCUT2D eigenvalue weighted by molar-refractivity contribution is 0.0328. The van der Waals surface area contributed by atoms with Crippen molar-refractivity contribution in [3.05, 3.63) is 0 Å². The third-order valence-electron chi connectivity index (χ3n) is 3.84. The van der Waals surface area contributed by atoms with Crippen LogP contribution in [0, 0.1) is 11.3 Å². The van der Waals surface area contributed by atoms with Gasteiger partial charge in [-0.05, 0) is 26.7 Å². The smallest absolute Gasteiger partial charge is 0.116 e. The summed E-state index contributed by atoms with van der Waals surface area (Å²) in [5.74, 6) is 0.210. The largest absolute Gasteiger partial charge is 0.378 e. The zero-order chi connectivity index (χ0) is 13.8. The van der Waals surface area contributed by atoms with Crippen LogP contribution >= 0.6 is 0 Å². The van der Waals surface area contributed by atoms with Gasteiger partial charge in [0.25, 0.3) is 0 Å². The van der Waals surface area contributed by atoms with Crippen molar-refractivity contribution in [3.8, 4) is 0 Å². The SMILES string of the molecule is CC.CC(C)OCC1(CN2CC(C)C(F)C2)CC1. The molecule has 108 valence electrons. The number of rotatable bonds is 5. The van der Waals surface area contributed by atoms with E-state index in [9.17, 15) is 4.39 Å². The van der Waals surface area contributed by atoms with Crippen molar-refractivity contribution in [2.75, 3.05) is 26.2 Å². The van der Waals surface area contributed by atoms with Crippen molar-refractivity contribution in [2.24, 2.45) is 11.3 Å². The van der Waals surface area contributed by atoms with Crippen LogP contribution in [-0.4, -0.2) is 43.4 Å². The Bertz CT molecular complexity index is 231. The zero-order valence-corrected chi connectivity index (χ0v) is 12.7. The molecule has 2 fully saturated rings. The summed E-state index contributed by atoms with van der Waals surface area (Å²) in [4.78, 5) is 2.28. The van der Waals surface area contributed by atoms with Crippen LogP contribution in [0.3, 0.4) is 0 Å². The number of nitrogens with zero attached hydrogens (tertiary/aromatic N) is 1. The Morgan fingerprint density at radius 3 is 2.28 bits per heavy atom. The molecule has 1 saturated heterocycles. The molecule has 2 nitrogen and oxygen atoms in total. The van der Waals surface area contributed by atoms with Gasteiger partial charge in [0.15, 0.2) is 0 Å². The first-order valence-corrected chi connectivity index (χ1v) is 7.49. The highest BCUT2D eigenvalue weighted by molar-refractivity contribution is 4.97. The molecule has 2 rings (SSSR count). The first kappa shape index (κ1) is 15.9. The number of hydrogen-bond donors (Lipinski definition) is 0. The van der Waals surface area contributed by atoms with Crippen molar-refractivity contribution in [1.82, 2.24) is 4.90 Å². The summed E-state index contributed by atoms with van der Waals surface area (Å²) in [7, 11) is 0. The molecule has 18 heavy (non-hydrogen) atoms. The fourth-order valence-corrected chi connectivity index (χ4v) is 2.49. The van der Waals surface area contributed by atoms with Gasteiger partial charge >= 0.3 is 0 Å². The molecule has 0 spiro atoms. The van der Waals surface area contributed by atoms with Crippen molar-refractivity contribution in [1.29, 1.82) is 0 Å². The number of halogens is 1. The van der Waals surface area contributed by atoms with E-state index in [2.05, 4.69) is 18.7 Å². The van der Waals surface area contributed by atoms with Gasteiger partial charge in [-0.3, -0.25) is 4.90 Å². The van der Waals surface area contributed by atoms with Gasteiger partial charge in [0, 0.05) is 31.0 Å². The Kier molecular flexibility index (Phi) is 6.06. The summed E-state index contributed by atoms with van der Waals surface area (Å²) in [5, 5.41) is 0. The average molecular weight is 259 g/mol. The Morgan fingerprint density at radius 2 is 1.89 bits per heavy atom. The Labute approximate surface area is 112 Å². The highest BCUT2D eigenvalue weighted by Crippen LogP contribution is 2.47. The van der Waals surface area contributed by atoms with E-state index < -0.39 is 6.17 Å². The van der Waals surface area contributed by atoms with Crippen LogP contribution in [0.1, 0.15) is 47.5 Å². The van der Waals surface area contributed by atoms with E-state index in [0.717, 1.165) is 19.7 Å². The van der Waals surface area contributed by atoms with Crippen LogP contribution in [0.2, 0.25) is 0 Å². The first-order valence-electron chi connectivity index (χ1n) is 7.49. The van der Waals surface area contributed by atoms with Gasteiger partial charge < -0.3 is 4.74 Å². The number of ether oxygens (including phenoxy) is 1. The van der Waals surface area contributed by atoms with Crippen LogP contribution in [0.5, 0.6) is 0 Å². The van der Waals surface area contributed by atoms with E-state index in [1.807, 2.05) is 20.8 Å². The highest BCUT2D eigenvalue weighted by Gasteiger charge is 2.46. The second kappa shape index (κ2) is 6.85. The normalized spacial score (nSPS) is 30.2. The maximum Gasteiger partial charge on any atom is 0.116 e. The van der Waals surface area contributed by atoms with E-state index in [1.54, 1.807) is 0 Å². The topological polar surface area (TPSA) is 12.5 Å². The van der Waals surface area contributed by atoms with Gasteiger partial charge in [-0.1, -0.05) is 20.8 Å². The molecule has 0 radical (unpaired) electrons. The van der Waals surface area contributed by atoms with E-state index in [0.29, 0.717) is 18.1 Å². The first-order chi connectivity index (χ1) is 8.51. The van der Waals surface area contributed by atoms with Crippen LogP contribution in [0.25, 0.3) is 0 Å². The molecule has 0 amide bonds. The van der Waals surface area contributed by atoms with E-state index in [-0.39, 0.29) is 5.92 Å². The Balaban J connectivity index is 0.000000771. The number of alkyl halides is 1. The van der Waals surface area contributed by atoms with Gasteiger partial charge in [-0.2, -0.15) is 0 Å². The summed E-state index contributed by atoms with van der Waals surface area (Å²) < 4.78 is 19.1. The monoisotopic (exact) mass is 259 g/mol. The molecule has 1 saturated carbocycles. The maximum atomic E-state index is 13.4. The predicted octanol–water partition coefficient (Wildman–Crippen LogP) is 3.51. The van der Waals surface area contributed by atoms with Gasteiger partial charge in [-0.15, -0.1) is 0 Å². The van der Waals surface area contributed by atoms with Gasteiger partial charge in [-0.25, -0.2) is 4.39 Å². The number of hydrogen-bond acceptors (Lipinski definition) is 2.